The van der Waals surface area contributed by atoms with Crippen molar-refractivity contribution in [2.75, 3.05) is 5.32 Å². The number of fused-ring (bicyclic) bond motifs is 1. The molecular formula is C24H18FN5OS. The highest BCUT2D eigenvalue weighted by Crippen LogP contribution is 2.25. The first kappa shape index (κ1) is 20.0. The van der Waals surface area contributed by atoms with Gasteiger partial charge in [-0.1, -0.05) is 18.2 Å². The Morgan fingerprint density at radius 1 is 1.00 bits per heavy atom. The Morgan fingerprint density at radius 2 is 1.81 bits per heavy atom. The van der Waals surface area contributed by atoms with Gasteiger partial charge in [0.1, 0.15) is 16.5 Å². The molecule has 1 amide bonds. The second-order valence-corrected chi connectivity index (χ2v) is 8.00. The number of rotatable bonds is 6. The van der Waals surface area contributed by atoms with Crippen LogP contribution in [0.5, 0.6) is 0 Å². The number of pyridine rings is 1. The molecule has 0 radical (unpaired) electrons. The molecule has 3 aromatic heterocycles. The van der Waals surface area contributed by atoms with E-state index in [1.165, 1.54) is 23.5 Å². The molecule has 158 valence electrons. The summed E-state index contributed by atoms with van der Waals surface area (Å²) in [5.74, 6) is -0.194. The fourth-order valence-electron chi connectivity index (χ4n) is 3.44. The number of imidazole rings is 1. The minimum absolute atomic E-state index is 0.289. The molecular weight excluding hydrogens is 425 g/mol. The van der Waals surface area contributed by atoms with Crippen molar-refractivity contribution in [3.63, 3.8) is 0 Å². The van der Waals surface area contributed by atoms with Gasteiger partial charge in [0, 0.05) is 35.8 Å². The minimum atomic E-state index is -0.344. The molecule has 3 heterocycles. The number of carbonyl (C=O) groups is 1. The average Bonchev–Trinajstić information content (AvgIpc) is 3.44. The van der Waals surface area contributed by atoms with Gasteiger partial charge in [-0.05, 0) is 48.5 Å². The van der Waals surface area contributed by atoms with Crippen molar-refractivity contribution >= 4 is 34.2 Å². The second kappa shape index (κ2) is 8.68. The lowest BCUT2D eigenvalue weighted by Crippen LogP contribution is -2.17. The van der Waals surface area contributed by atoms with E-state index in [0.717, 1.165) is 22.3 Å². The topological polar surface area (TPSA) is 72.7 Å². The van der Waals surface area contributed by atoms with Gasteiger partial charge in [-0.15, -0.1) is 11.3 Å². The van der Waals surface area contributed by atoms with Crippen LogP contribution in [0, 0.1) is 5.82 Å². The van der Waals surface area contributed by atoms with Crippen LogP contribution in [0.2, 0.25) is 0 Å². The summed E-state index contributed by atoms with van der Waals surface area (Å²) in [6.07, 6.45) is 2.47. The maximum Gasteiger partial charge on any atom is 0.277 e. The van der Waals surface area contributed by atoms with E-state index in [1.54, 1.807) is 23.7 Å². The van der Waals surface area contributed by atoms with E-state index in [9.17, 15) is 9.18 Å². The number of halogens is 1. The third kappa shape index (κ3) is 4.13. The molecule has 0 fully saturated rings. The van der Waals surface area contributed by atoms with Crippen LogP contribution in [0.25, 0.3) is 21.6 Å². The molecule has 0 atom stereocenters. The summed E-state index contributed by atoms with van der Waals surface area (Å²) >= 11 is 1.33. The Bertz CT molecular complexity index is 1380. The van der Waals surface area contributed by atoms with Crippen LogP contribution in [0.1, 0.15) is 16.2 Å². The monoisotopic (exact) mass is 443 g/mol. The van der Waals surface area contributed by atoms with E-state index in [2.05, 4.69) is 20.3 Å². The zero-order valence-electron chi connectivity index (χ0n) is 16.9. The van der Waals surface area contributed by atoms with Crippen LogP contribution < -0.4 is 5.32 Å². The third-order valence-electron chi connectivity index (χ3n) is 5.03. The van der Waals surface area contributed by atoms with Crippen LogP contribution in [0.3, 0.4) is 0 Å². The molecule has 1 N–H and O–H groups in total. The molecule has 5 aromatic rings. The number of hydrogen-bond donors (Lipinski definition) is 1. The van der Waals surface area contributed by atoms with Crippen molar-refractivity contribution in [3.8, 4) is 10.6 Å². The number of aromatic nitrogens is 4. The Labute approximate surface area is 187 Å². The van der Waals surface area contributed by atoms with Crippen molar-refractivity contribution in [1.82, 2.24) is 19.5 Å². The highest BCUT2D eigenvalue weighted by molar-refractivity contribution is 7.13. The number of hydrogen-bond acceptors (Lipinski definition) is 5. The lowest BCUT2D eigenvalue weighted by molar-refractivity contribution is 0.102. The molecule has 6 nitrogen and oxygen atoms in total. The first-order valence-corrected chi connectivity index (χ1v) is 10.9. The lowest BCUT2D eigenvalue weighted by Gasteiger charge is -2.09. The highest BCUT2D eigenvalue weighted by Gasteiger charge is 2.17. The number of amides is 1. The molecule has 0 aliphatic carbocycles. The van der Waals surface area contributed by atoms with Gasteiger partial charge < -0.3 is 4.57 Å². The van der Waals surface area contributed by atoms with Crippen LogP contribution in [0.15, 0.2) is 78.3 Å². The normalized spacial score (nSPS) is 11.0. The summed E-state index contributed by atoms with van der Waals surface area (Å²) < 4.78 is 15.2. The van der Waals surface area contributed by atoms with Gasteiger partial charge in [0.05, 0.1) is 11.0 Å². The van der Waals surface area contributed by atoms with Crippen molar-refractivity contribution in [2.45, 2.75) is 13.0 Å². The second-order valence-electron chi connectivity index (χ2n) is 7.15. The Balaban J connectivity index is 1.40. The van der Waals surface area contributed by atoms with E-state index in [1.807, 2.05) is 47.0 Å². The van der Waals surface area contributed by atoms with Gasteiger partial charge in [-0.2, -0.15) is 0 Å². The number of nitrogens with zero attached hydrogens (tertiary/aromatic N) is 4. The van der Waals surface area contributed by atoms with Gasteiger partial charge in [0.2, 0.25) is 5.95 Å². The first-order chi connectivity index (χ1) is 15.7. The summed E-state index contributed by atoms with van der Waals surface area (Å²) in [5, 5.41) is 5.24. The zero-order chi connectivity index (χ0) is 21.9. The van der Waals surface area contributed by atoms with E-state index < -0.39 is 0 Å². The van der Waals surface area contributed by atoms with Crippen molar-refractivity contribution in [1.29, 1.82) is 0 Å². The fraction of sp³-hybridized carbons (Fsp3) is 0.0833. The highest BCUT2D eigenvalue weighted by atomic mass is 32.1. The van der Waals surface area contributed by atoms with Gasteiger partial charge in [-0.25, -0.2) is 14.4 Å². The molecule has 5 rings (SSSR count). The molecule has 0 aliphatic rings. The van der Waals surface area contributed by atoms with Crippen LogP contribution in [-0.2, 0) is 13.0 Å². The Hall–Kier alpha value is -3.91. The largest absolute Gasteiger partial charge is 0.310 e. The fourth-order valence-corrected chi connectivity index (χ4v) is 4.24. The predicted octanol–water partition coefficient (Wildman–Crippen LogP) is 5.19. The molecule has 0 saturated carbocycles. The maximum absolute atomic E-state index is 13.2. The van der Waals surface area contributed by atoms with E-state index >= 15 is 0 Å². The zero-order valence-corrected chi connectivity index (χ0v) is 17.7. The van der Waals surface area contributed by atoms with Crippen molar-refractivity contribution in [2.24, 2.45) is 0 Å². The summed E-state index contributed by atoms with van der Waals surface area (Å²) in [7, 11) is 0. The quantitative estimate of drug-likeness (QED) is 0.392. The van der Waals surface area contributed by atoms with E-state index in [4.69, 9.17) is 0 Å². The summed E-state index contributed by atoms with van der Waals surface area (Å²) in [5.41, 5.74) is 3.75. The first-order valence-electron chi connectivity index (χ1n) is 10.1. The van der Waals surface area contributed by atoms with Crippen LogP contribution >= 0.6 is 11.3 Å². The van der Waals surface area contributed by atoms with E-state index in [-0.39, 0.29) is 17.4 Å². The molecule has 8 heteroatoms. The van der Waals surface area contributed by atoms with Gasteiger partial charge in [-0.3, -0.25) is 15.1 Å². The number of aryl methyl sites for hydroxylation is 2. The number of thiazole rings is 1. The number of carbonyl (C=O) groups excluding carboxylic acids is 1. The maximum atomic E-state index is 13.2. The van der Waals surface area contributed by atoms with Gasteiger partial charge >= 0.3 is 0 Å². The third-order valence-corrected chi connectivity index (χ3v) is 5.92. The van der Waals surface area contributed by atoms with Crippen molar-refractivity contribution in [3.05, 3.63) is 95.5 Å². The lowest BCUT2D eigenvalue weighted by atomic mass is 10.2. The Morgan fingerprint density at radius 3 is 2.62 bits per heavy atom. The minimum Gasteiger partial charge on any atom is -0.310 e. The van der Waals surface area contributed by atoms with Gasteiger partial charge in [0.25, 0.3) is 5.91 Å². The smallest absolute Gasteiger partial charge is 0.277 e. The molecule has 0 aliphatic heterocycles. The molecule has 0 unspecified atom stereocenters. The SMILES string of the molecule is O=C(Nc1nc2ccccc2n1CCc1ccccn1)c1csc(-c2ccc(F)cc2)n1. The predicted molar refractivity (Wildman–Crippen MR) is 123 cm³/mol. The average molecular weight is 444 g/mol. The van der Waals surface area contributed by atoms with Crippen LogP contribution in [0.4, 0.5) is 10.3 Å². The summed E-state index contributed by atoms with van der Waals surface area (Å²) in [6.45, 7) is 0.616. The number of para-hydroxylation sites is 2. The Kier molecular flexibility index (Phi) is 5.43. The molecule has 2 aromatic carbocycles. The number of anilines is 1. The molecule has 0 bridgehead atoms. The summed E-state index contributed by atoms with van der Waals surface area (Å²) in [6, 6.07) is 19.6. The van der Waals surface area contributed by atoms with Gasteiger partial charge in [0.15, 0.2) is 0 Å². The van der Waals surface area contributed by atoms with E-state index in [0.29, 0.717) is 23.9 Å². The molecule has 32 heavy (non-hydrogen) atoms. The summed E-state index contributed by atoms with van der Waals surface area (Å²) in [4.78, 5) is 26.3. The number of benzene rings is 2. The van der Waals surface area contributed by atoms with Crippen molar-refractivity contribution < 1.29 is 9.18 Å². The van der Waals surface area contributed by atoms with Crippen LogP contribution in [-0.4, -0.2) is 25.4 Å². The molecule has 0 spiro atoms. The number of nitrogens with one attached hydrogen (secondary N) is 1. The molecule has 0 saturated heterocycles. The standard InChI is InChI=1S/C24H18FN5OS/c25-17-10-8-16(9-11-17)23-27-20(15-32-23)22(31)29-24-28-19-6-1-2-7-21(19)30(24)14-12-18-5-3-4-13-26-18/h1-11,13,15H,12,14H2,(H,28,29,31).